The number of alkyl halides is 3. The van der Waals surface area contributed by atoms with Gasteiger partial charge in [0.15, 0.2) is 0 Å². The lowest BCUT2D eigenvalue weighted by Crippen LogP contribution is -2.18. The molecule has 0 atom stereocenters. The van der Waals surface area contributed by atoms with E-state index in [-0.39, 0.29) is 15.6 Å². The summed E-state index contributed by atoms with van der Waals surface area (Å²) in [5.41, 5.74) is 0.117. The molecule has 0 amide bonds. The Balaban J connectivity index is 2.30. The smallest absolute Gasteiger partial charge is 0.406 e. The van der Waals surface area contributed by atoms with E-state index >= 15 is 0 Å². The van der Waals surface area contributed by atoms with Gasteiger partial charge in [-0.2, -0.15) is 0 Å². The molecule has 2 aromatic rings. The summed E-state index contributed by atoms with van der Waals surface area (Å²) in [6, 6.07) is 10.1. The number of hydrogen-bond donors (Lipinski definition) is 1. The number of para-hydroxylation sites is 1. The van der Waals surface area contributed by atoms with Gasteiger partial charge in [0.2, 0.25) is 0 Å². The molecule has 0 saturated heterocycles. The van der Waals surface area contributed by atoms with E-state index in [1.54, 1.807) is 12.1 Å². The highest BCUT2D eigenvalue weighted by atomic mass is 35.5. The Morgan fingerprint density at radius 3 is 2.36 bits per heavy atom. The van der Waals surface area contributed by atoms with Crippen molar-refractivity contribution in [2.24, 2.45) is 0 Å². The molecule has 0 unspecified atom stereocenters. The van der Waals surface area contributed by atoms with E-state index in [4.69, 9.17) is 11.6 Å². The van der Waals surface area contributed by atoms with Gasteiger partial charge in [0.05, 0.1) is 15.6 Å². The molecule has 1 N–H and O–H groups in total. The molecule has 0 aliphatic carbocycles. The standard InChI is InChI=1S/C13H9ClF3NO3S/c14-11-6-1-2-7-12(11)18-22(19,20)10-5-3-4-9(8-10)21-13(15,16)17/h1-8,18H. The maximum absolute atomic E-state index is 12.2. The molecule has 0 aliphatic rings. The van der Waals surface area contributed by atoms with Crippen LogP contribution in [-0.2, 0) is 10.0 Å². The normalized spacial score (nSPS) is 12.0. The zero-order chi connectivity index (χ0) is 16.4. The fourth-order valence-electron chi connectivity index (χ4n) is 1.59. The maximum atomic E-state index is 12.2. The first-order valence-corrected chi connectivity index (χ1v) is 7.67. The first-order valence-electron chi connectivity index (χ1n) is 5.80. The highest BCUT2D eigenvalue weighted by molar-refractivity contribution is 7.92. The number of halogens is 4. The second-order valence-corrected chi connectivity index (χ2v) is 6.20. The van der Waals surface area contributed by atoms with Gasteiger partial charge in [-0.25, -0.2) is 8.42 Å². The van der Waals surface area contributed by atoms with Gasteiger partial charge in [0.1, 0.15) is 5.75 Å². The fourth-order valence-corrected chi connectivity index (χ4v) is 2.94. The summed E-state index contributed by atoms with van der Waals surface area (Å²) < 4.78 is 66.7. The van der Waals surface area contributed by atoms with Crippen LogP contribution in [0.5, 0.6) is 5.75 Å². The summed E-state index contributed by atoms with van der Waals surface area (Å²) in [6.07, 6.45) is -4.90. The van der Waals surface area contributed by atoms with Gasteiger partial charge in [-0.05, 0) is 24.3 Å². The number of sulfonamides is 1. The van der Waals surface area contributed by atoms with Crippen molar-refractivity contribution >= 4 is 27.3 Å². The maximum Gasteiger partial charge on any atom is 0.573 e. The molecule has 4 nitrogen and oxygen atoms in total. The quantitative estimate of drug-likeness (QED) is 0.904. The molecule has 0 bridgehead atoms. The van der Waals surface area contributed by atoms with Crippen LogP contribution in [0.3, 0.4) is 0 Å². The van der Waals surface area contributed by atoms with Crippen molar-refractivity contribution < 1.29 is 26.3 Å². The molecule has 118 valence electrons. The average molecular weight is 352 g/mol. The Hall–Kier alpha value is -1.93. The molecule has 0 aliphatic heterocycles. The zero-order valence-electron chi connectivity index (χ0n) is 10.8. The van der Waals surface area contributed by atoms with Gasteiger partial charge in [-0.15, -0.1) is 13.2 Å². The molecule has 0 aromatic heterocycles. The predicted octanol–water partition coefficient (Wildman–Crippen LogP) is 4.04. The van der Waals surface area contributed by atoms with Crippen molar-refractivity contribution in [2.45, 2.75) is 11.3 Å². The molecule has 2 rings (SSSR count). The molecule has 9 heteroatoms. The van der Waals surface area contributed by atoms with Crippen molar-refractivity contribution in [1.29, 1.82) is 0 Å². The van der Waals surface area contributed by atoms with Gasteiger partial charge in [-0.1, -0.05) is 29.8 Å². The second kappa shape index (κ2) is 6.05. The van der Waals surface area contributed by atoms with Crippen molar-refractivity contribution in [2.75, 3.05) is 4.72 Å². The molecular weight excluding hydrogens is 343 g/mol. The third-order valence-electron chi connectivity index (χ3n) is 2.47. The predicted molar refractivity (Wildman–Crippen MR) is 75.4 cm³/mol. The van der Waals surface area contributed by atoms with Gasteiger partial charge in [0, 0.05) is 6.07 Å². The lowest BCUT2D eigenvalue weighted by atomic mass is 10.3. The van der Waals surface area contributed by atoms with E-state index in [0.717, 1.165) is 24.3 Å². The van der Waals surface area contributed by atoms with Crippen molar-refractivity contribution in [3.8, 4) is 5.75 Å². The van der Waals surface area contributed by atoms with Crippen LogP contribution in [0, 0.1) is 0 Å². The number of anilines is 1. The fraction of sp³-hybridized carbons (Fsp3) is 0.0769. The van der Waals surface area contributed by atoms with E-state index in [1.165, 1.54) is 12.1 Å². The van der Waals surface area contributed by atoms with Crippen LogP contribution < -0.4 is 9.46 Å². The summed E-state index contributed by atoms with van der Waals surface area (Å²) >= 11 is 5.84. The number of rotatable bonds is 4. The number of hydrogen-bond acceptors (Lipinski definition) is 3. The molecule has 0 saturated carbocycles. The van der Waals surface area contributed by atoms with Crippen molar-refractivity contribution in [3.05, 3.63) is 53.6 Å². The van der Waals surface area contributed by atoms with E-state index in [9.17, 15) is 21.6 Å². The summed E-state index contributed by atoms with van der Waals surface area (Å²) in [6.45, 7) is 0. The Bertz CT molecular complexity index is 778. The molecular formula is C13H9ClF3NO3S. The Labute approximate surface area is 129 Å². The molecule has 2 aromatic carbocycles. The molecule has 0 heterocycles. The zero-order valence-corrected chi connectivity index (χ0v) is 12.3. The van der Waals surface area contributed by atoms with Crippen molar-refractivity contribution in [3.63, 3.8) is 0 Å². The van der Waals surface area contributed by atoms with E-state index < -0.39 is 22.1 Å². The van der Waals surface area contributed by atoms with Crippen LogP contribution in [0.25, 0.3) is 0 Å². The molecule has 22 heavy (non-hydrogen) atoms. The minimum absolute atomic E-state index is 0.117. The number of nitrogens with one attached hydrogen (secondary N) is 1. The Morgan fingerprint density at radius 2 is 1.73 bits per heavy atom. The summed E-state index contributed by atoms with van der Waals surface area (Å²) in [4.78, 5) is -0.380. The monoisotopic (exact) mass is 351 g/mol. The average Bonchev–Trinajstić information content (AvgIpc) is 2.40. The van der Waals surface area contributed by atoms with E-state index in [0.29, 0.717) is 0 Å². The number of ether oxygens (including phenoxy) is 1. The Kier molecular flexibility index (Phi) is 4.52. The SMILES string of the molecule is O=S(=O)(Nc1ccccc1Cl)c1cccc(OC(F)(F)F)c1. The van der Waals surface area contributed by atoms with Crippen LogP contribution in [-0.4, -0.2) is 14.8 Å². The van der Waals surface area contributed by atoms with E-state index in [1.807, 2.05) is 0 Å². The molecule has 0 fully saturated rings. The highest BCUT2D eigenvalue weighted by Gasteiger charge is 2.31. The van der Waals surface area contributed by atoms with Gasteiger partial charge in [-0.3, -0.25) is 4.72 Å². The minimum Gasteiger partial charge on any atom is -0.406 e. The van der Waals surface area contributed by atoms with Crippen LogP contribution in [0.4, 0.5) is 18.9 Å². The van der Waals surface area contributed by atoms with Crippen molar-refractivity contribution in [1.82, 2.24) is 0 Å². The van der Waals surface area contributed by atoms with Crippen LogP contribution in [0.1, 0.15) is 0 Å². The first-order chi connectivity index (χ1) is 10.2. The van der Waals surface area contributed by atoms with Crippen LogP contribution >= 0.6 is 11.6 Å². The second-order valence-electron chi connectivity index (χ2n) is 4.11. The third kappa shape index (κ3) is 4.28. The Morgan fingerprint density at radius 1 is 1.05 bits per heavy atom. The highest BCUT2D eigenvalue weighted by Crippen LogP contribution is 2.27. The van der Waals surface area contributed by atoms with Gasteiger partial charge >= 0.3 is 6.36 Å². The third-order valence-corrected chi connectivity index (χ3v) is 4.16. The summed E-state index contributed by atoms with van der Waals surface area (Å²) in [5.74, 6) is -0.630. The minimum atomic E-state index is -4.90. The molecule has 0 spiro atoms. The summed E-state index contributed by atoms with van der Waals surface area (Å²) in [5, 5.41) is 0.161. The summed E-state index contributed by atoms with van der Waals surface area (Å²) in [7, 11) is -4.10. The lowest BCUT2D eigenvalue weighted by molar-refractivity contribution is -0.274. The largest absolute Gasteiger partial charge is 0.573 e. The van der Waals surface area contributed by atoms with E-state index in [2.05, 4.69) is 9.46 Å². The first kappa shape index (κ1) is 16.4. The number of benzene rings is 2. The van der Waals surface area contributed by atoms with Gasteiger partial charge in [0.25, 0.3) is 10.0 Å². The van der Waals surface area contributed by atoms with Gasteiger partial charge < -0.3 is 4.74 Å². The van der Waals surface area contributed by atoms with Crippen LogP contribution in [0.2, 0.25) is 5.02 Å². The molecule has 0 radical (unpaired) electrons. The lowest BCUT2D eigenvalue weighted by Gasteiger charge is -2.12. The topological polar surface area (TPSA) is 55.4 Å². The van der Waals surface area contributed by atoms with Crippen LogP contribution in [0.15, 0.2) is 53.4 Å².